The molecule has 0 N–H and O–H groups in total. The van der Waals surface area contributed by atoms with Crippen molar-refractivity contribution in [1.82, 2.24) is 9.97 Å². The average Bonchev–Trinajstić information content (AvgIpc) is 3.82. The summed E-state index contributed by atoms with van der Waals surface area (Å²) in [5.41, 5.74) is 1.40. The van der Waals surface area contributed by atoms with Crippen LogP contribution in [-0.4, -0.2) is 38.8 Å². The summed E-state index contributed by atoms with van der Waals surface area (Å²) < 4.78 is 8.47. The summed E-state index contributed by atoms with van der Waals surface area (Å²) in [7, 11) is 0. The highest BCUT2D eigenvalue weighted by atomic mass is 32.1. The first-order valence-corrected chi connectivity index (χ1v) is 17.6. The van der Waals surface area contributed by atoms with Gasteiger partial charge in [-0.05, 0) is 32.8 Å². The lowest BCUT2D eigenvalue weighted by Gasteiger charge is -2.31. The maximum Gasteiger partial charge on any atom is 0.212 e. The molecule has 0 bridgehead atoms. The number of hydrogen-bond donors (Lipinski definition) is 0. The van der Waals surface area contributed by atoms with Crippen LogP contribution in [0.3, 0.4) is 0 Å². The smallest absolute Gasteiger partial charge is 0.212 e. The molecule has 2 unspecified atom stereocenters. The number of allylic oxidation sites excluding steroid dienone is 1. The van der Waals surface area contributed by atoms with Crippen LogP contribution >= 0.6 is 45.3 Å². The molecule has 0 saturated heterocycles. The topological polar surface area (TPSA) is 116 Å². The van der Waals surface area contributed by atoms with E-state index in [1.165, 1.54) is 34.0 Å². The van der Waals surface area contributed by atoms with E-state index in [4.69, 9.17) is 14.7 Å². The van der Waals surface area contributed by atoms with Crippen LogP contribution < -0.4 is 4.74 Å². The molecule has 9 rings (SSSR count). The highest BCUT2D eigenvalue weighted by Crippen LogP contribution is 2.59. The van der Waals surface area contributed by atoms with Gasteiger partial charge >= 0.3 is 0 Å². The van der Waals surface area contributed by atoms with Crippen molar-refractivity contribution in [2.75, 3.05) is 0 Å². The molecule has 218 valence electrons. The van der Waals surface area contributed by atoms with E-state index < -0.39 is 5.60 Å². The van der Waals surface area contributed by atoms with Crippen LogP contribution in [0.5, 0.6) is 5.75 Å². The molecule has 8 nitrogen and oxygen atoms in total. The quantitative estimate of drug-likeness (QED) is 0.141. The third-order valence-corrected chi connectivity index (χ3v) is 13.5. The van der Waals surface area contributed by atoms with Gasteiger partial charge in [0.25, 0.3) is 0 Å². The maximum atomic E-state index is 13.0. The lowest BCUT2D eigenvalue weighted by Crippen LogP contribution is -2.27. The van der Waals surface area contributed by atoms with Crippen molar-refractivity contribution in [3.05, 3.63) is 51.5 Å². The lowest BCUT2D eigenvalue weighted by atomic mass is 9.81. The fourth-order valence-electron chi connectivity index (χ4n) is 6.88. The van der Waals surface area contributed by atoms with Gasteiger partial charge in [0.05, 0.1) is 20.0 Å². The van der Waals surface area contributed by atoms with Gasteiger partial charge in [0, 0.05) is 28.5 Å². The van der Waals surface area contributed by atoms with Gasteiger partial charge in [-0.1, -0.05) is 48.4 Å². The van der Waals surface area contributed by atoms with Crippen molar-refractivity contribution in [3.63, 3.8) is 0 Å². The number of fused-ring (bicyclic) bond motifs is 9. The van der Waals surface area contributed by atoms with Gasteiger partial charge in [-0.25, -0.2) is 15.0 Å². The maximum absolute atomic E-state index is 13.0. The minimum absolute atomic E-state index is 0.0564. The first-order chi connectivity index (χ1) is 21.2. The molecule has 0 spiro atoms. The highest BCUT2D eigenvalue weighted by Gasteiger charge is 2.48. The molecule has 4 aliphatic rings. The fourth-order valence-corrected chi connectivity index (χ4v) is 11.9. The molecule has 5 heterocycles. The number of thiophene rings is 2. The van der Waals surface area contributed by atoms with Crippen LogP contribution in [0.1, 0.15) is 70.8 Å². The van der Waals surface area contributed by atoms with Crippen molar-refractivity contribution in [3.8, 4) is 15.5 Å². The van der Waals surface area contributed by atoms with Crippen molar-refractivity contribution in [2.45, 2.75) is 45.1 Å². The van der Waals surface area contributed by atoms with Crippen molar-refractivity contribution in [1.29, 1.82) is 0 Å². The number of rotatable bonds is 2. The minimum atomic E-state index is -0.691. The van der Waals surface area contributed by atoms with E-state index in [1.54, 1.807) is 41.7 Å². The van der Waals surface area contributed by atoms with Crippen LogP contribution in [0, 0.1) is 11.8 Å². The van der Waals surface area contributed by atoms with Gasteiger partial charge in [0.15, 0.2) is 34.6 Å². The molecular weight excluding hydrogens is 635 g/mol. The Labute approximate surface area is 266 Å². The zero-order valence-corrected chi connectivity index (χ0v) is 26.7. The van der Waals surface area contributed by atoms with Gasteiger partial charge in [0.2, 0.25) is 5.13 Å². The van der Waals surface area contributed by atoms with Crippen molar-refractivity contribution < 1.29 is 23.9 Å². The molecule has 3 aliphatic carbocycles. The first-order valence-electron chi connectivity index (χ1n) is 14.3. The summed E-state index contributed by atoms with van der Waals surface area (Å²) in [6, 6.07) is 6.88. The predicted octanol–water partition coefficient (Wildman–Crippen LogP) is 7.82. The number of hydrogen-bond acceptors (Lipinski definition) is 12. The second-order valence-corrected chi connectivity index (χ2v) is 16.0. The summed E-state index contributed by atoms with van der Waals surface area (Å²) in [6.45, 7) is 4.03. The Balaban J connectivity index is 1.09. The summed E-state index contributed by atoms with van der Waals surface area (Å²) in [5, 5.41) is 1.01. The Morgan fingerprint density at radius 3 is 2.16 bits per heavy atom. The van der Waals surface area contributed by atoms with E-state index in [0.29, 0.717) is 21.3 Å². The third-order valence-electron chi connectivity index (χ3n) is 8.91. The average molecular weight is 656 g/mol. The zero-order chi connectivity index (χ0) is 30.1. The van der Waals surface area contributed by atoms with E-state index in [1.807, 2.05) is 13.8 Å². The largest absolute Gasteiger partial charge is 0.480 e. The van der Waals surface area contributed by atoms with Crippen molar-refractivity contribution >= 4 is 104 Å². The van der Waals surface area contributed by atoms with E-state index >= 15 is 0 Å². The van der Waals surface area contributed by atoms with Crippen molar-refractivity contribution in [2.24, 2.45) is 16.8 Å². The van der Waals surface area contributed by atoms with E-state index in [2.05, 4.69) is 4.99 Å². The second-order valence-electron chi connectivity index (χ2n) is 11.9. The molecule has 2 fully saturated rings. The predicted molar refractivity (Wildman–Crippen MR) is 173 cm³/mol. The molecule has 2 atom stereocenters. The number of nitrogens with zero attached hydrogens (tertiary/aromatic N) is 3. The number of aromatic nitrogens is 2. The van der Waals surface area contributed by atoms with Crippen LogP contribution in [0.25, 0.3) is 34.9 Å². The molecule has 0 radical (unpaired) electrons. The molecule has 4 aromatic heterocycles. The monoisotopic (exact) mass is 655 g/mol. The van der Waals surface area contributed by atoms with Crippen LogP contribution in [0.15, 0.2) is 34.8 Å². The van der Waals surface area contributed by atoms with Crippen LogP contribution in [0.4, 0.5) is 5.13 Å². The van der Waals surface area contributed by atoms with Crippen LogP contribution in [-0.2, 0) is 15.2 Å². The lowest BCUT2D eigenvalue weighted by molar-refractivity contribution is -0.120. The van der Waals surface area contributed by atoms with Gasteiger partial charge in [-0.2, -0.15) is 0 Å². The first kappa shape index (κ1) is 26.7. The number of aliphatic imine (C=N–C) groups is 1. The second kappa shape index (κ2) is 9.16. The number of benzene rings is 1. The van der Waals surface area contributed by atoms with Gasteiger partial charge in [-0.15, -0.1) is 34.0 Å². The molecule has 5 aromatic rings. The SMILES string of the molecule is CC1(C)Oc2c(sc3nc(N=C4C(=O)C5CCCCC5C4=O)sc23)-c2sc3nc(C=C4C(=O)c5ccccc5C4=O)sc3c21. The number of carbonyl (C=O) groups is 4. The number of ketones is 4. The normalized spacial score (nSPS) is 22.0. The van der Waals surface area contributed by atoms with E-state index in [0.717, 1.165) is 65.8 Å². The Bertz CT molecular complexity index is 2180. The third kappa shape index (κ3) is 3.62. The molecule has 0 amide bonds. The fraction of sp³-hybridized carbons (Fsp3) is 0.281. The highest BCUT2D eigenvalue weighted by molar-refractivity contribution is 7.34. The number of thiazole rings is 2. The molecular formula is C32H21N3O5S4. The molecule has 1 aliphatic heterocycles. The summed E-state index contributed by atoms with van der Waals surface area (Å²) in [5.74, 6) is -0.505. The summed E-state index contributed by atoms with van der Waals surface area (Å²) >= 11 is 5.87. The number of carbonyl (C=O) groups excluding carboxylic acids is 4. The van der Waals surface area contributed by atoms with E-state index in [9.17, 15) is 19.2 Å². The summed E-state index contributed by atoms with van der Waals surface area (Å²) in [4.78, 5) is 69.5. The standard InChI is InChI=1S/C32H21N3O5S4/c1-32(2)18-25(42-29-26(18)41-17(33-29)11-16-20(36)12-7-3-4-8-13(12)21(16)37)27-24(40-32)28-30(43-27)35-31(44-28)34-19-22(38)14-9-5-6-10-15(14)23(19)39/h3-4,7-8,11,14-15H,5-6,9-10H2,1-2H3. The Kier molecular flexibility index (Phi) is 5.55. The van der Waals surface area contributed by atoms with Crippen LogP contribution in [0.2, 0.25) is 0 Å². The molecule has 1 aromatic carbocycles. The van der Waals surface area contributed by atoms with Gasteiger partial charge in [0.1, 0.15) is 25.0 Å². The number of ether oxygens (including phenoxy) is 1. The zero-order valence-electron chi connectivity index (χ0n) is 23.4. The minimum Gasteiger partial charge on any atom is -0.480 e. The Hall–Kier alpha value is -3.71. The Morgan fingerprint density at radius 1 is 0.841 bits per heavy atom. The Morgan fingerprint density at radius 2 is 1.48 bits per heavy atom. The molecule has 44 heavy (non-hydrogen) atoms. The molecule has 2 saturated carbocycles. The number of Topliss-reactive ketones (excluding diaryl/α,β-unsaturated/α-hetero) is 4. The van der Waals surface area contributed by atoms with Gasteiger partial charge in [-0.3, -0.25) is 19.2 Å². The van der Waals surface area contributed by atoms with E-state index in [-0.39, 0.29) is 46.3 Å². The van der Waals surface area contributed by atoms with Gasteiger partial charge < -0.3 is 4.74 Å². The summed E-state index contributed by atoms with van der Waals surface area (Å²) in [6.07, 6.45) is 5.09. The molecule has 12 heteroatoms.